The number of carboxylic acids is 1. The molecule has 0 fully saturated rings. The van der Waals surface area contributed by atoms with Crippen LogP contribution in [0.15, 0.2) is 36.4 Å². The Kier molecular flexibility index (Phi) is 5.54. The lowest BCUT2D eigenvalue weighted by atomic mass is 9.92. The highest BCUT2D eigenvalue weighted by Crippen LogP contribution is 2.33. The molecular weight excluding hydrogens is 428 g/mol. The van der Waals surface area contributed by atoms with Crippen LogP contribution in [-0.2, 0) is 0 Å². The number of carboxylic acid groups (broad SMARTS) is 1. The Hall–Kier alpha value is -2.82. The topological polar surface area (TPSA) is 68.7 Å². The van der Waals surface area contributed by atoms with E-state index in [1.807, 2.05) is 12.2 Å². The molecule has 1 aromatic heterocycles. The zero-order valence-electron chi connectivity index (χ0n) is 16.1. The van der Waals surface area contributed by atoms with Crippen LogP contribution in [0.25, 0.3) is 12.2 Å². The number of aryl methyl sites for hydroxylation is 1. The van der Waals surface area contributed by atoms with Crippen LogP contribution in [0.5, 0.6) is 17.1 Å². The van der Waals surface area contributed by atoms with Gasteiger partial charge in [0.25, 0.3) is 0 Å². The predicted molar refractivity (Wildman–Crippen MR) is 115 cm³/mol. The van der Waals surface area contributed by atoms with Gasteiger partial charge in [-0.15, -0.1) is 11.6 Å². The molecule has 1 aliphatic rings. The molecule has 3 aromatic rings. The minimum absolute atomic E-state index is 0.147. The number of carbonyl (C=O) groups is 1. The lowest BCUT2D eigenvalue weighted by molar-refractivity contribution is 0.0695. The van der Waals surface area contributed by atoms with Gasteiger partial charge < -0.3 is 14.6 Å². The number of nitrogens with zero attached hydrogens (tertiary/aromatic N) is 1. The Morgan fingerprint density at radius 2 is 1.97 bits per heavy atom. The third-order valence-corrected chi connectivity index (χ3v) is 6.48. The van der Waals surface area contributed by atoms with Gasteiger partial charge in [0.15, 0.2) is 0 Å². The average molecular weight is 446 g/mol. The van der Waals surface area contributed by atoms with E-state index in [0.717, 1.165) is 4.95 Å². The lowest BCUT2D eigenvalue weighted by Crippen LogP contribution is -2.30. The monoisotopic (exact) mass is 445 g/mol. The number of alkyl halides is 1. The zero-order chi connectivity index (χ0) is 21.4. The van der Waals surface area contributed by atoms with Crippen molar-refractivity contribution in [1.29, 1.82) is 0 Å². The summed E-state index contributed by atoms with van der Waals surface area (Å²) in [5.74, 6) is -0.925. The predicted octanol–water partition coefficient (Wildman–Crippen LogP) is 4.03. The van der Waals surface area contributed by atoms with E-state index in [9.17, 15) is 14.3 Å². The Bertz CT molecular complexity index is 1260. The molecule has 30 heavy (non-hydrogen) atoms. The summed E-state index contributed by atoms with van der Waals surface area (Å²) in [7, 11) is 1.63. The van der Waals surface area contributed by atoms with Crippen LogP contribution < -0.4 is 19.8 Å². The summed E-state index contributed by atoms with van der Waals surface area (Å²) in [5.41, 5.74) is 1.77. The first-order chi connectivity index (χ1) is 14.4. The van der Waals surface area contributed by atoms with Crippen molar-refractivity contribution in [2.24, 2.45) is 0 Å². The van der Waals surface area contributed by atoms with Crippen molar-refractivity contribution in [3.05, 3.63) is 69.2 Å². The van der Waals surface area contributed by atoms with E-state index < -0.39 is 11.3 Å². The van der Waals surface area contributed by atoms with Crippen molar-refractivity contribution in [1.82, 2.24) is 4.98 Å². The molecule has 0 aliphatic heterocycles. The Labute approximate surface area is 178 Å². The molecule has 5 nitrogen and oxygen atoms in total. The number of ether oxygens (including phenoxy) is 2. The lowest BCUT2D eigenvalue weighted by Gasteiger charge is -2.19. The number of aromatic carboxylic acids is 1. The van der Waals surface area contributed by atoms with E-state index in [1.165, 1.54) is 19.2 Å². The first kappa shape index (κ1) is 20.5. The van der Waals surface area contributed by atoms with Crippen LogP contribution in [0.2, 0.25) is 0 Å². The third-order valence-electron chi connectivity index (χ3n) is 4.97. The number of benzene rings is 2. The second-order valence-electron chi connectivity index (χ2n) is 6.92. The molecule has 1 aliphatic carbocycles. The van der Waals surface area contributed by atoms with Crippen molar-refractivity contribution in [2.45, 2.75) is 18.2 Å². The summed E-state index contributed by atoms with van der Waals surface area (Å²) in [6.07, 6.45) is 3.72. The van der Waals surface area contributed by atoms with E-state index in [4.69, 9.17) is 21.1 Å². The van der Waals surface area contributed by atoms with Gasteiger partial charge in [0.05, 0.1) is 23.4 Å². The number of aromatic nitrogens is 1. The van der Waals surface area contributed by atoms with Crippen LogP contribution in [-0.4, -0.2) is 28.5 Å². The van der Waals surface area contributed by atoms with Gasteiger partial charge in [-0.25, -0.2) is 14.2 Å². The first-order valence-corrected chi connectivity index (χ1v) is 10.6. The zero-order valence-corrected chi connectivity index (χ0v) is 17.9. The van der Waals surface area contributed by atoms with Gasteiger partial charge in [-0.05, 0) is 42.3 Å². The summed E-state index contributed by atoms with van der Waals surface area (Å²) >= 11 is 6.54. The molecule has 0 amide bonds. The molecule has 8 heteroatoms. The van der Waals surface area contributed by atoms with Crippen molar-refractivity contribution < 1.29 is 23.8 Å². The molecule has 3 atom stereocenters. The van der Waals surface area contributed by atoms with Gasteiger partial charge in [0, 0.05) is 16.9 Å². The largest absolute Gasteiger partial charge is 0.497 e. The molecule has 2 aromatic carbocycles. The van der Waals surface area contributed by atoms with Gasteiger partial charge >= 0.3 is 5.97 Å². The van der Waals surface area contributed by atoms with Crippen LogP contribution in [0.4, 0.5) is 4.39 Å². The Morgan fingerprint density at radius 3 is 2.67 bits per heavy atom. The van der Waals surface area contributed by atoms with Gasteiger partial charge in [-0.3, -0.25) is 0 Å². The van der Waals surface area contributed by atoms with E-state index in [0.29, 0.717) is 33.6 Å². The fourth-order valence-corrected chi connectivity index (χ4v) is 4.92. The Morgan fingerprint density at radius 1 is 1.20 bits per heavy atom. The number of hydrogen-bond acceptors (Lipinski definition) is 4. The maximum absolute atomic E-state index is 14.5. The molecule has 154 valence electrons. The van der Waals surface area contributed by atoms with Crippen LogP contribution >= 0.6 is 19.8 Å². The molecule has 0 saturated carbocycles. The maximum Gasteiger partial charge on any atom is 0.336 e. The molecule has 0 saturated heterocycles. The summed E-state index contributed by atoms with van der Waals surface area (Å²) in [6, 6.07) is 9.59. The van der Waals surface area contributed by atoms with E-state index in [2.05, 4.69) is 4.98 Å². The van der Waals surface area contributed by atoms with Crippen molar-refractivity contribution in [2.75, 3.05) is 7.11 Å². The number of rotatable bonds is 5. The standard InChI is InChI=1S/C22H18ClFNO4P/c1-11-3-4-13(7-15(11)21(26)27)29-22-25-19-9-16(17(23)10-20(19)30-22)14-6-5-12(28-2)8-18(14)24/h3-10,16-17,30H,1-2H3,(H,26,27). The minimum Gasteiger partial charge on any atom is -0.497 e. The third kappa shape index (κ3) is 3.93. The molecule has 0 radical (unpaired) electrons. The number of halogens is 2. The highest BCUT2D eigenvalue weighted by molar-refractivity contribution is 7.31. The molecule has 4 rings (SSSR count). The first-order valence-electron chi connectivity index (χ1n) is 9.14. The molecule has 3 unspecified atom stereocenters. The van der Waals surface area contributed by atoms with Crippen molar-refractivity contribution in [3.63, 3.8) is 0 Å². The normalized spacial score (nSPS) is 17.7. The highest BCUT2D eigenvalue weighted by Gasteiger charge is 2.24. The average Bonchev–Trinajstić information content (AvgIpc) is 3.09. The van der Waals surface area contributed by atoms with Gasteiger partial charge in [-0.2, -0.15) is 0 Å². The summed E-state index contributed by atoms with van der Waals surface area (Å²) in [4.78, 5) is 16.8. The number of fused-ring (bicyclic) bond motifs is 1. The van der Waals surface area contributed by atoms with Crippen LogP contribution in [0, 0.1) is 12.7 Å². The Balaban J connectivity index is 1.67. The molecule has 1 N–H and O–H groups in total. The second-order valence-corrected chi connectivity index (χ2v) is 8.64. The number of methoxy groups -OCH3 is 1. The van der Waals surface area contributed by atoms with E-state index in [1.54, 1.807) is 31.2 Å². The second kappa shape index (κ2) is 8.13. The van der Waals surface area contributed by atoms with Crippen LogP contribution in [0.3, 0.4) is 0 Å². The van der Waals surface area contributed by atoms with Gasteiger partial charge in [0.2, 0.25) is 5.61 Å². The maximum atomic E-state index is 14.5. The fourth-order valence-electron chi connectivity index (χ4n) is 3.38. The highest BCUT2D eigenvalue weighted by atomic mass is 35.5. The molecular formula is C22H18ClFNO4P. The quantitative estimate of drug-likeness (QED) is 0.601. The number of hydrogen-bond donors (Lipinski definition) is 1. The van der Waals surface area contributed by atoms with Crippen molar-refractivity contribution in [3.8, 4) is 17.1 Å². The minimum atomic E-state index is -1.01. The SMILES string of the molecule is COc1ccc(C2C=c3nc(Oc4ccc(C)c(C(=O)O)c4)[pH]c3=CC2Cl)c(F)c1. The van der Waals surface area contributed by atoms with E-state index >= 15 is 0 Å². The van der Waals surface area contributed by atoms with Gasteiger partial charge in [-0.1, -0.05) is 26.4 Å². The van der Waals surface area contributed by atoms with Gasteiger partial charge in [0.1, 0.15) is 17.3 Å². The van der Waals surface area contributed by atoms with Crippen molar-refractivity contribution >= 4 is 37.9 Å². The summed E-state index contributed by atoms with van der Waals surface area (Å²) < 4.78 is 25.4. The molecule has 0 spiro atoms. The summed E-state index contributed by atoms with van der Waals surface area (Å²) in [5, 5.41) is 9.56. The smallest absolute Gasteiger partial charge is 0.336 e. The molecule has 1 heterocycles. The van der Waals surface area contributed by atoms with E-state index in [-0.39, 0.29) is 25.5 Å². The fraction of sp³-hybridized carbons (Fsp3) is 0.182. The molecule has 0 bridgehead atoms. The summed E-state index contributed by atoms with van der Waals surface area (Å²) in [6.45, 7) is 1.73. The van der Waals surface area contributed by atoms with Crippen LogP contribution in [0.1, 0.15) is 27.4 Å².